The van der Waals surface area contributed by atoms with E-state index in [9.17, 15) is 18.8 Å². The van der Waals surface area contributed by atoms with E-state index < -0.39 is 29.3 Å². The SMILES string of the molecule is COC(=O)c1ccoc1CN1C(=O)NC(C)(c2ccc(F)cc2)C1=O. The maximum atomic E-state index is 13.1. The van der Waals surface area contributed by atoms with Gasteiger partial charge in [0.2, 0.25) is 0 Å². The van der Waals surface area contributed by atoms with Crippen molar-refractivity contribution in [2.45, 2.75) is 19.0 Å². The first kappa shape index (κ1) is 16.7. The van der Waals surface area contributed by atoms with Crippen LogP contribution in [0.15, 0.2) is 41.0 Å². The highest BCUT2D eigenvalue weighted by Gasteiger charge is 2.49. The molecule has 25 heavy (non-hydrogen) atoms. The zero-order chi connectivity index (χ0) is 18.2. The largest absolute Gasteiger partial charge is 0.467 e. The number of carbonyl (C=O) groups is 3. The second-order valence-electron chi connectivity index (χ2n) is 5.70. The van der Waals surface area contributed by atoms with Gasteiger partial charge in [-0.2, -0.15) is 0 Å². The molecular weight excluding hydrogens is 331 g/mol. The highest BCUT2D eigenvalue weighted by atomic mass is 19.1. The molecule has 0 saturated carbocycles. The topological polar surface area (TPSA) is 88.8 Å². The third-order valence-electron chi connectivity index (χ3n) is 4.15. The minimum Gasteiger partial charge on any atom is -0.467 e. The van der Waals surface area contributed by atoms with Crippen LogP contribution in [0, 0.1) is 5.82 Å². The van der Waals surface area contributed by atoms with Crippen LogP contribution in [0.2, 0.25) is 0 Å². The molecule has 8 heteroatoms. The molecule has 1 aliphatic rings. The fraction of sp³-hybridized carbons (Fsp3) is 0.235. The van der Waals surface area contributed by atoms with E-state index in [1.807, 2.05) is 0 Å². The number of halogens is 1. The number of furan rings is 1. The molecule has 0 radical (unpaired) electrons. The molecule has 130 valence electrons. The number of ether oxygens (including phenoxy) is 1. The van der Waals surface area contributed by atoms with Crippen LogP contribution in [0.1, 0.15) is 28.6 Å². The van der Waals surface area contributed by atoms with E-state index in [4.69, 9.17) is 4.42 Å². The average Bonchev–Trinajstić information content (AvgIpc) is 3.14. The molecule has 1 aromatic carbocycles. The van der Waals surface area contributed by atoms with Gasteiger partial charge in [0.05, 0.1) is 19.9 Å². The standard InChI is InChI=1S/C17H15FN2O5/c1-17(10-3-5-11(18)6-4-10)15(22)20(16(23)19-17)9-13-12(7-8-25-13)14(21)24-2/h3-8H,9H2,1-2H3,(H,19,23). The number of amides is 3. The lowest BCUT2D eigenvalue weighted by atomic mass is 9.92. The van der Waals surface area contributed by atoms with Crippen molar-refractivity contribution in [3.05, 3.63) is 59.3 Å². The first-order chi connectivity index (χ1) is 11.9. The van der Waals surface area contributed by atoms with E-state index in [2.05, 4.69) is 10.1 Å². The molecule has 3 amide bonds. The summed E-state index contributed by atoms with van der Waals surface area (Å²) in [5.41, 5.74) is -0.746. The molecule has 1 unspecified atom stereocenters. The van der Waals surface area contributed by atoms with Crippen LogP contribution in [0.25, 0.3) is 0 Å². The van der Waals surface area contributed by atoms with Crippen LogP contribution in [0.5, 0.6) is 0 Å². The molecule has 0 aliphatic carbocycles. The number of carbonyl (C=O) groups excluding carboxylic acids is 3. The maximum Gasteiger partial charge on any atom is 0.341 e. The minimum absolute atomic E-state index is 0.137. The lowest BCUT2D eigenvalue weighted by Gasteiger charge is -2.22. The van der Waals surface area contributed by atoms with Gasteiger partial charge < -0.3 is 14.5 Å². The fourth-order valence-electron chi connectivity index (χ4n) is 2.72. The third-order valence-corrected chi connectivity index (χ3v) is 4.15. The molecule has 7 nitrogen and oxygen atoms in total. The molecule has 0 spiro atoms. The van der Waals surface area contributed by atoms with Gasteiger partial charge in [0.15, 0.2) is 0 Å². The number of nitrogens with zero attached hydrogens (tertiary/aromatic N) is 1. The zero-order valence-corrected chi connectivity index (χ0v) is 13.5. The highest BCUT2D eigenvalue weighted by Crippen LogP contribution is 2.30. The number of hydrogen-bond acceptors (Lipinski definition) is 5. The van der Waals surface area contributed by atoms with Crippen LogP contribution in [-0.2, 0) is 21.6 Å². The summed E-state index contributed by atoms with van der Waals surface area (Å²) in [6, 6.07) is 6.06. The van der Waals surface area contributed by atoms with Gasteiger partial charge in [0.25, 0.3) is 5.91 Å². The monoisotopic (exact) mass is 346 g/mol. The van der Waals surface area contributed by atoms with Gasteiger partial charge in [-0.15, -0.1) is 0 Å². The molecular formula is C17H15FN2O5. The van der Waals surface area contributed by atoms with Crippen molar-refractivity contribution in [2.24, 2.45) is 0 Å². The Morgan fingerprint density at radius 2 is 1.96 bits per heavy atom. The van der Waals surface area contributed by atoms with Gasteiger partial charge in [-0.05, 0) is 30.7 Å². The second-order valence-corrected chi connectivity index (χ2v) is 5.70. The Morgan fingerprint density at radius 3 is 2.60 bits per heavy atom. The molecule has 1 saturated heterocycles. The smallest absolute Gasteiger partial charge is 0.341 e. The molecule has 2 aromatic rings. The molecule has 1 aromatic heterocycles. The van der Waals surface area contributed by atoms with E-state index >= 15 is 0 Å². The van der Waals surface area contributed by atoms with Crippen molar-refractivity contribution in [3.63, 3.8) is 0 Å². The molecule has 1 aliphatic heterocycles. The summed E-state index contributed by atoms with van der Waals surface area (Å²) >= 11 is 0. The fourth-order valence-corrected chi connectivity index (χ4v) is 2.72. The van der Waals surface area contributed by atoms with E-state index in [0.717, 1.165) is 4.90 Å². The van der Waals surface area contributed by atoms with Crippen molar-refractivity contribution in [1.29, 1.82) is 0 Å². The zero-order valence-electron chi connectivity index (χ0n) is 13.5. The number of esters is 1. The number of hydrogen-bond donors (Lipinski definition) is 1. The Balaban J connectivity index is 1.88. The first-order valence-corrected chi connectivity index (χ1v) is 7.41. The van der Waals surface area contributed by atoms with E-state index in [-0.39, 0.29) is 17.9 Å². The molecule has 0 bridgehead atoms. The van der Waals surface area contributed by atoms with Gasteiger partial charge in [-0.3, -0.25) is 9.69 Å². The van der Waals surface area contributed by atoms with Gasteiger partial charge in [-0.25, -0.2) is 14.0 Å². The highest BCUT2D eigenvalue weighted by molar-refractivity contribution is 6.07. The van der Waals surface area contributed by atoms with Gasteiger partial charge in [-0.1, -0.05) is 12.1 Å². The predicted molar refractivity (Wildman–Crippen MR) is 82.9 cm³/mol. The number of imide groups is 1. The van der Waals surface area contributed by atoms with Crippen molar-refractivity contribution < 1.29 is 27.9 Å². The van der Waals surface area contributed by atoms with E-state index in [0.29, 0.717) is 5.56 Å². The predicted octanol–water partition coefficient (Wildman–Crippen LogP) is 2.17. The number of benzene rings is 1. The average molecular weight is 346 g/mol. The van der Waals surface area contributed by atoms with Crippen molar-refractivity contribution in [3.8, 4) is 0 Å². The van der Waals surface area contributed by atoms with Gasteiger partial charge >= 0.3 is 12.0 Å². The summed E-state index contributed by atoms with van der Waals surface area (Å²) in [6.07, 6.45) is 1.28. The molecule has 1 atom stereocenters. The Labute approximate surface area is 142 Å². The molecule has 3 rings (SSSR count). The van der Waals surface area contributed by atoms with Crippen LogP contribution in [-0.4, -0.2) is 29.9 Å². The lowest BCUT2D eigenvalue weighted by Crippen LogP contribution is -2.40. The Bertz CT molecular complexity index is 845. The van der Waals surface area contributed by atoms with Crippen LogP contribution in [0.3, 0.4) is 0 Å². The Hall–Kier alpha value is -3.16. The normalized spacial score (nSPS) is 19.9. The maximum absolute atomic E-state index is 13.1. The second kappa shape index (κ2) is 6.04. The van der Waals surface area contributed by atoms with Crippen molar-refractivity contribution in [2.75, 3.05) is 7.11 Å². The Morgan fingerprint density at radius 1 is 1.28 bits per heavy atom. The van der Waals surface area contributed by atoms with Gasteiger partial charge in [0, 0.05) is 0 Å². The quantitative estimate of drug-likeness (QED) is 0.677. The third kappa shape index (κ3) is 2.75. The minimum atomic E-state index is -1.33. The van der Waals surface area contributed by atoms with Crippen LogP contribution in [0.4, 0.5) is 9.18 Å². The summed E-state index contributed by atoms with van der Waals surface area (Å²) in [5, 5.41) is 2.60. The summed E-state index contributed by atoms with van der Waals surface area (Å²) in [7, 11) is 1.22. The summed E-state index contributed by atoms with van der Waals surface area (Å²) < 4.78 is 23.0. The summed E-state index contributed by atoms with van der Waals surface area (Å²) in [5.74, 6) is -1.47. The summed E-state index contributed by atoms with van der Waals surface area (Å²) in [4.78, 5) is 37.7. The van der Waals surface area contributed by atoms with Crippen molar-refractivity contribution >= 4 is 17.9 Å². The lowest BCUT2D eigenvalue weighted by molar-refractivity contribution is -0.131. The number of methoxy groups -OCH3 is 1. The number of nitrogens with one attached hydrogen (secondary N) is 1. The number of rotatable bonds is 4. The number of urea groups is 1. The summed E-state index contributed by atoms with van der Waals surface area (Å²) in [6.45, 7) is 1.31. The molecule has 2 heterocycles. The molecule has 1 N–H and O–H groups in total. The van der Waals surface area contributed by atoms with Crippen LogP contribution >= 0.6 is 0 Å². The van der Waals surface area contributed by atoms with Crippen molar-refractivity contribution in [1.82, 2.24) is 10.2 Å². The van der Waals surface area contributed by atoms with E-state index in [1.165, 1.54) is 50.6 Å². The Kier molecular flexibility index (Phi) is 4.03. The first-order valence-electron chi connectivity index (χ1n) is 7.41. The van der Waals surface area contributed by atoms with Gasteiger partial charge in [0.1, 0.15) is 22.7 Å². The molecule has 1 fully saturated rings. The van der Waals surface area contributed by atoms with E-state index in [1.54, 1.807) is 0 Å². The van der Waals surface area contributed by atoms with Crippen LogP contribution < -0.4 is 5.32 Å².